The third-order valence-electron chi connectivity index (χ3n) is 6.74. The number of rotatable bonds is 1. The largest absolute Gasteiger partial charge is 0.508 e. The predicted molar refractivity (Wildman–Crippen MR) is 131 cm³/mol. The SMILES string of the molecule is Cc1cc(O)cc(O)c1-c1cc(O)cc2cc3c(c(O)c12)C(=O)c1c(O)cc(O)c(Cl)c1C3(C)C. The normalized spacial score (nSPS) is 14.1. The maximum absolute atomic E-state index is 13.6. The molecule has 0 atom stereocenters. The molecule has 0 aliphatic heterocycles. The van der Waals surface area contributed by atoms with Crippen molar-refractivity contribution in [2.24, 2.45) is 0 Å². The van der Waals surface area contributed by atoms with E-state index >= 15 is 0 Å². The van der Waals surface area contributed by atoms with E-state index in [0.717, 1.165) is 12.1 Å². The van der Waals surface area contributed by atoms with Gasteiger partial charge in [0.2, 0.25) is 5.78 Å². The average Bonchev–Trinajstić information content (AvgIpc) is 2.73. The summed E-state index contributed by atoms with van der Waals surface area (Å²) >= 11 is 6.37. The zero-order valence-corrected chi connectivity index (χ0v) is 19.7. The Labute approximate surface area is 204 Å². The number of phenols is 6. The summed E-state index contributed by atoms with van der Waals surface area (Å²) < 4.78 is 0. The molecule has 35 heavy (non-hydrogen) atoms. The van der Waals surface area contributed by atoms with Crippen molar-refractivity contribution in [3.8, 4) is 45.6 Å². The quantitative estimate of drug-likeness (QED) is 0.204. The molecule has 7 nitrogen and oxygen atoms in total. The molecule has 178 valence electrons. The molecule has 0 unspecified atom stereocenters. The molecule has 0 radical (unpaired) electrons. The summed E-state index contributed by atoms with van der Waals surface area (Å²) in [6, 6.07) is 7.97. The standard InChI is InChI=1S/C27H21ClO7/c1-10-4-12(29)8-16(31)19(10)14-7-13(30)5-11-6-15-21(25(34)20(11)14)26(35)22-17(32)9-18(33)24(28)23(22)27(15,2)3/h4-9,29-34H,1-3H3. The number of fused-ring (bicyclic) bond motifs is 3. The van der Waals surface area contributed by atoms with Crippen LogP contribution in [-0.4, -0.2) is 36.4 Å². The maximum Gasteiger partial charge on any atom is 0.201 e. The first-order valence-electron chi connectivity index (χ1n) is 10.7. The molecule has 0 amide bonds. The second-order valence-electron chi connectivity index (χ2n) is 9.33. The van der Waals surface area contributed by atoms with Crippen LogP contribution in [0.25, 0.3) is 21.9 Å². The van der Waals surface area contributed by atoms with E-state index in [2.05, 4.69) is 0 Å². The van der Waals surface area contributed by atoms with Crippen molar-refractivity contribution in [2.75, 3.05) is 0 Å². The average molecular weight is 493 g/mol. The predicted octanol–water partition coefficient (Wildman–Crippen LogP) is 5.57. The first kappa shape index (κ1) is 22.7. The number of halogens is 1. The summed E-state index contributed by atoms with van der Waals surface area (Å²) in [4.78, 5) is 13.6. The van der Waals surface area contributed by atoms with Crippen LogP contribution < -0.4 is 0 Å². The van der Waals surface area contributed by atoms with Crippen molar-refractivity contribution in [1.29, 1.82) is 0 Å². The molecule has 0 saturated heterocycles. The third kappa shape index (κ3) is 3.01. The molecular formula is C27H21ClO7. The molecule has 0 aromatic heterocycles. The highest BCUT2D eigenvalue weighted by atomic mass is 35.5. The molecule has 0 saturated carbocycles. The lowest BCUT2D eigenvalue weighted by atomic mass is 9.67. The highest BCUT2D eigenvalue weighted by Crippen LogP contribution is 2.54. The minimum atomic E-state index is -1.03. The Morgan fingerprint density at radius 2 is 1.37 bits per heavy atom. The van der Waals surface area contributed by atoms with Gasteiger partial charge in [0.05, 0.1) is 16.1 Å². The van der Waals surface area contributed by atoms with E-state index in [4.69, 9.17) is 11.6 Å². The van der Waals surface area contributed by atoms with Crippen LogP contribution in [0.1, 0.15) is 46.5 Å². The molecule has 5 rings (SSSR count). The second kappa shape index (κ2) is 7.20. The second-order valence-corrected chi connectivity index (χ2v) is 9.71. The lowest BCUT2D eigenvalue weighted by Gasteiger charge is -2.36. The Balaban J connectivity index is 1.94. The monoisotopic (exact) mass is 492 g/mol. The number of aromatic hydroxyl groups is 6. The Morgan fingerprint density at radius 1 is 0.743 bits per heavy atom. The van der Waals surface area contributed by atoms with E-state index in [9.17, 15) is 35.4 Å². The van der Waals surface area contributed by atoms with Gasteiger partial charge in [-0.25, -0.2) is 0 Å². The molecular weight excluding hydrogens is 472 g/mol. The Kier molecular flexibility index (Phi) is 4.66. The Morgan fingerprint density at radius 3 is 2.03 bits per heavy atom. The number of aryl methyl sites for hydroxylation is 1. The number of hydrogen-bond acceptors (Lipinski definition) is 7. The molecule has 0 spiro atoms. The Hall–Kier alpha value is -4.10. The molecule has 8 heteroatoms. The van der Waals surface area contributed by atoms with Crippen LogP contribution >= 0.6 is 11.6 Å². The van der Waals surface area contributed by atoms with Gasteiger partial charge in [-0.1, -0.05) is 25.4 Å². The molecule has 4 aromatic carbocycles. The number of phenolic OH excluding ortho intramolecular Hbond substituents is 6. The van der Waals surface area contributed by atoms with Crippen molar-refractivity contribution < 1.29 is 35.4 Å². The van der Waals surface area contributed by atoms with Crippen LogP contribution in [0, 0.1) is 6.92 Å². The highest BCUT2D eigenvalue weighted by Gasteiger charge is 2.43. The van der Waals surface area contributed by atoms with Crippen LogP contribution in [0.5, 0.6) is 34.5 Å². The van der Waals surface area contributed by atoms with Crippen LogP contribution in [0.3, 0.4) is 0 Å². The van der Waals surface area contributed by atoms with E-state index in [0.29, 0.717) is 16.5 Å². The van der Waals surface area contributed by atoms with Gasteiger partial charge >= 0.3 is 0 Å². The molecule has 1 aliphatic carbocycles. The van der Waals surface area contributed by atoms with Gasteiger partial charge in [-0.3, -0.25) is 4.79 Å². The van der Waals surface area contributed by atoms with Crippen molar-refractivity contribution in [2.45, 2.75) is 26.2 Å². The van der Waals surface area contributed by atoms with Crippen LogP contribution in [0.15, 0.2) is 36.4 Å². The fourth-order valence-corrected chi connectivity index (χ4v) is 5.62. The number of ketones is 1. The summed E-state index contributed by atoms with van der Waals surface area (Å²) in [7, 11) is 0. The number of benzene rings is 4. The lowest BCUT2D eigenvalue weighted by molar-refractivity contribution is 0.102. The van der Waals surface area contributed by atoms with E-state index in [1.807, 2.05) is 0 Å². The minimum Gasteiger partial charge on any atom is -0.508 e. The maximum atomic E-state index is 13.6. The summed E-state index contributed by atoms with van der Waals surface area (Å²) in [5.74, 6) is -2.50. The van der Waals surface area contributed by atoms with Crippen molar-refractivity contribution in [1.82, 2.24) is 0 Å². The zero-order valence-electron chi connectivity index (χ0n) is 18.9. The molecule has 4 aromatic rings. The summed E-state index contributed by atoms with van der Waals surface area (Å²) in [5, 5.41) is 63.7. The van der Waals surface area contributed by atoms with Gasteiger partial charge in [0, 0.05) is 34.1 Å². The summed E-state index contributed by atoms with van der Waals surface area (Å²) in [5.41, 5.74) is 0.384. The van der Waals surface area contributed by atoms with Gasteiger partial charge < -0.3 is 30.6 Å². The number of hydrogen-bond donors (Lipinski definition) is 6. The van der Waals surface area contributed by atoms with E-state index < -0.39 is 22.7 Å². The van der Waals surface area contributed by atoms with Crippen molar-refractivity contribution in [3.63, 3.8) is 0 Å². The first-order valence-corrected chi connectivity index (χ1v) is 11.1. The van der Waals surface area contributed by atoms with Crippen LogP contribution in [-0.2, 0) is 5.41 Å². The lowest BCUT2D eigenvalue weighted by Crippen LogP contribution is -2.31. The summed E-state index contributed by atoms with van der Waals surface area (Å²) in [6.07, 6.45) is 0. The van der Waals surface area contributed by atoms with Gasteiger partial charge in [-0.15, -0.1) is 0 Å². The molecule has 0 heterocycles. The van der Waals surface area contributed by atoms with Gasteiger partial charge in [0.25, 0.3) is 0 Å². The van der Waals surface area contributed by atoms with Gasteiger partial charge in [-0.2, -0.15) is 0 Å². The highest BCUT2D eigenvalue weighted by molar-refractivity contribution is 6.34. The van der Waals surface area contributed by atoms with Crippen LogP contribution in [0.2, 0.25) is 5.02 Å². The fraction of sp³-hybridized carbons (Fsp3) is 0.148. The van der Waals surface area contributed by atoms with Crippen molar-refractivity contribution >= 4 is 28.2 Å². The minimum absolute atomic E-state index is 0.0603. The van der Waals surface area contributed by atoms with Gasteiger partial charge in [-0.05, 0) is 53.3 Å². The Bertz CT molecular complexity index is 1600. The third-order valence-corrected chi connectivity index (χ3v) is 7.12. The van der Waals surface area contributed by atoms with E-state index in [-0.39, 0.29) is 61.2 Å². The fourth-order valence-electron chi connectivity index (χ4n) is 5.23. The first-order chi connectivity index (χ1) is 16.3. The molecule has 6 N–H and O–H groups in total. The topological polar surface area (TPSA) is 138 Å². The molecule has 0 fully saturated rings. The number of carbonyl (C=O) groups excluding carboxylic acids is 1. The van der Waals surface area contributed by atoms with Gasteiger partial charge in [0.15, 0.2) is 0 Å². The summed E-state index contributed by atoms with van der Waals surface area (Å²) in [6.45, 7) is 5.14. The molecule has 0 bridgehead atoms. The molecule has 1 aliphatic rings. The van der Waals surface area contributed by atoms with E-state index in [1.54, 1.807) is 26.8 Å². The zero-order chi connectivity index (χ0) is 25.6. The number of carbonyl (C=O) groups is 1. The van der Waals surface area contributed by atoms with Crippen molar-refractivity contribution in [3.05, 3.63) is 69.2 Å². The van der Waals surface area contributed by atoms with Gasteiger partial charge in [0.1, 0.15) is 34.5 Å². The smallest absolute Gasteiger partial charge is 0.201 e. The van der Waals surface area contributed by atoms with E-state index in [1.165, 1.54) is 18.2 Å². The van der Waals surface area contributed by atoms with Crippen LogP contribution in [0.4, 0.5) is 0 Å².